The van der Waals surface area contributed by atoms with Crippen molar-refractivity contribution in [3.05, 3.63) is 29.3 Å². The highest BCUT2D eigenvalue weighted by Crippen LogP contribution is 2.28. The van der Waals surface area contributed by atoms with Crippen molar-refractivity contribution in [1.82, 2.24) is 9.21 Å². The summed E-state index contributed by atoms with van der Waals surface area (Å²) in [5, 5.41) is 0. The van der Waals surface area contributed by atoms with Gasteiger partial charge in [0.25, 0.3) is 0 Å². The largest absolute Gasteiger partial charge is 0.342 e. The number of hydrogen-bond acceptors (Lipinski definition) is 3. The van der Waals surface area contributed by atoms with E-state index < -0.39 is 10.0 Å². The SMILES string of the molecule is Cc1ccc(S(=O)(=O)N2CCC(C(=O)N3CCCC(C)C3)CC2)c(C)c1. The molecule has 3 rings (SSSR count). The van der Waals surface area contributed by atoms with Crippen LogP contribution in [-0.4, -0.2) is 49.7 Å². The van der Waals surface area contributed by atoms with E-state index in [2.05, 4.69) is 6.92 Å². The zero-order chi connectivity index (χ0) is 18.9. The smallest absolute Gasteiger partial charge is 0.243 e. The van der Waals surface area contributed by atoms with Gasteiger partial charge in [-0.1, -0.05) is 24.6 Å². The van der Waals surface area contributed by atoms with Crippen molar-refractivity contribution < 1.29 is 13.2 Å². The van der Waals surface area contributed by atoms with Crippen LogP contribution in [0.4, 0.5) is 0 Å². The Labute approximate surface area is 157 Å². The van der Waals surface area contributed by atoms with Gasteiger partial charge in [-0.25, -0.2) is 8.42 Å². The number of nitrogens with zero attached hydrogens (tertiary/aromatic N) is 2. The third-order valence-corrected chi connectivity index (χ3v) is 7.78. The summed E-state index contributed by atoms with van der Waals surface area (Å²) >= 11 is 0. The van der Waals surface area contributed by atoms with Gasteiger partial charge in [-0.3, -0.25) is 4.79 Å². The lowest BCUT2D eigenvalue weighted by Gasteiger charge is -2.36. The highest BCUT2D eigenvalue weighted by Gasteiger charge is 2.35. The monoisotopic (exact) mass is 378 g/mol. The second kappa shape index (κ2) is 7.69. The molecule has 2 aliphatic rings. The summed E-state index contributed by atoms with van der Waals surface area (Å²) in [6.07, 6.45) is 3.50. The Morgan fingerprint density at radius 3 is 2.38 bits per heavy atom. The van der Waals surface area contributed by atoms with Gasteiger partial charge in [0.1, 0.15) is 0 Å². The van der Waals surface area contributed by atoms with E-state index >= 15 is 0 Å². The first-order valence-electron chi connectivity index (χ1n) is 9.65. The predicted molar refractivity (Wildman–Crippen MR) is 102 cm³/mol. The Kier molecular flexibility index (Phi) is 5.72. The van der Waals surface area contributed by atoms with Crippen LogP contribution in [0.1, 0.15) is 43.7 Å². The molecule has 0 radical (unpaired) electrons. The standard InChI is InChI=1S/C20H30N2O3S/c1-15-6-7-19(17(3)13-15)26(24,25)22-11-8-18(9-12-22)20(23)21-10-4-5-16(2)14-21/h6-7,13,16,18H,4-5,8-12,14H2,1-3H3. The molecule has 1 aromatic rings. The van der Waals surface area contributed by atoms with Crippen LogP contribution in [0.2, 0.25) is 0 Å². The molecular formula is C20H30N2O3S. The lowest BCUT2D eigenvalue weighted by Crippen LogP contribution is -2.47. The first-order chi connectivity index (χ1) is 12.3. The number of carbonyl (C=O) groups is 1. The summed E-state index contributed by atoms with van der Waals surface area (Å²) in [4.78, 5) is 15.2. The van der Waals surface area contributed by atoms with E-state index in [0.29, 0.717) is 36.7 Å². The molecule has 6 heteroatoms. The second-order valence-corrected chi connectivity index (χ2v) is 9.89. The summed E-state index contributed by atoms with van der Waals surface area (Å²) < 4.78 is 27.5. The van der Waals surface area contributed by atoms with Gasteiger partial charge in [0.05, 0.1) is 4.90 Å². The van der Waals surface area contributed by atoms with Gasteiger partial charge in [0, 0.05) is 32.1 Å². The third-order valence-electron chi connectivity index (χ3n) is 5.72. The molecule has 1 amide bonds. The average Bonchev–Trinajstić information content (AvgIpc) is 2.61. The molecule has 0 aromatic heterocycles. The third kappa shape index (κ3) is 3.96. The van der Waals surface area contributed by atoms with Crippen molar-refractivity contribution in [2.75, 3.05) is 26.2 Å². The van der Waals surface area contributed by atoms with Crippen LogP contribution in [0.3, 0.4) is 0 Å². The summed E-state index contributed by atoms with van der Waals surface area (Å²) in [6, 6.07) is 5.45. The van der Waals surface area contributed by atoms with E-state index in [1.54, 1.807) is 10.4 Å². The van der Waals surface area contributed by atoms with Crippen molar-refractivity contribution in [2.24, 2.45) is 11.8 Å². The number of amides is 1. The van der Waals surface area contributed by atoms with Crippen LogP contribution in [0.15, 0.2) is 23.1 Å². The Morgan fingerprint density at radius 1 is 1.08 bits per heavy atom. The zero-order valence-corrected chi connectivity index (χ0v) is 16.9. The molecule has 0 saturated carbocycles. The van der Waals surface area contributed by atoms with Crippen LogP contribution in [-0.2, 0) is 14.8 Å². The molecule has 1 aromatic carbocycles. The summed E-state index contributed by atoms with van der Waals surface area (Å²) in [5.41, 5.74) is 1.84. The van der Waals surface area contributed by atoms with Gasteiger partial charge in [-0.05, 0) is 57.1 Å². The van der Waals surface area contributed by atoms with Gasteiger partial charge in [0.15, 0.2) is 0 Å². The molecule has 2 fully saturated rings. The molecule has 2 heterocycles. The number of benzene rings is 1. The van der Waals surface area contributed by atoms with Gasteiger partial charge in [-0.15, -0.1) is 0 Å². The molecule has 5 nitrogen and oxygen atoms in total. The fraction of sp³-hybridized carbons (Fsp3) is 0.650. The van der Waals surface area contributed by atoms with Crippen LogP contribution in [0, 0.1) is 25.7 Å². The van der Waals surface area contributed by atoms with Crippen molar-refractivity contribution in [3.8, 4) is 0 Å². The van der Waals surface area contributed by atoms with Gasteiger partial charge in [0.2, 0.25) is 15.9 Å². The van der Waals surface area contributed by atoms with E-state index in [-0.39, 0.29) is 11.8 Å². The van der Waals surface area contributed by atoms with Crippen LogP contribution < -0.4 is 0 Å². The fourth-order valence-corrected chi connectivity index (χ4v) is 5.89. The first kappa shape index (κ1) is 19.4. The molecule has 2 saturated heterocycles. The highest BCUT2D eigenvalue weighted by atomic mass is 32.2. The van der Waals surface area contributed by atoms with Gasteiger partial charge in [-0.2, -0.15) is 4.31 Å². The average molecular weight is 379 g/mol. The maximum atomic E-state index is 13.0. The number of carbonyl (C=O) groups excluding carboxylic acids is 1. The molecule has 1 atom stereocenters. The lowest BCUT2D eigenvalue weighted by atomic mass is 9.93. The second-order valence-electron chi connectivity index (χ2n) is 7.98. The number of rotatable bonds is 3. The van der Waals surface area contributed by atoms with Crippen LogP contribution >= 0.6 is 0 Å². The minimum Gasteiger partial charge on any atom is -0.342 e. The first-order valence-corrected chi connectivity index (χ1v) is 11.1. The van der Waals surface area contributed by atoms with Crippen molar-refractivity contribution in [1.29, 1.82) is 0 Å². The Bertz CT molecular complexity index is 767. The molecular weight excluding hydrogens is 348 g/mol. The number of likely N-dealkylation sites (tertiary alicyclic amines) is 1. The number of sulfonamides is 1. The zero-order valence-electron chi connectivity index (χ0n) is 16.1. The Balaban J connectivity index is 1.65. The normalized spacial score (nSPS) is 23.2. The maximum Gasteiger partial charge on any atom is 0.243 e. The van der Waals surface area contributed by atoms with Crippen LogP contribution in [0.5, 0.6) is 0 Å². The summed E-state index contributed by atoms with van der Waals surface area (Å²) in [6.45, 7) is 8.54. The Hall–Kier alpha value is -1.40. The molecule has 0 spiro atoms. The molecule has 0 bridgehead atoms. The van der Waals surface area contributed by atoms with Gasteiger partial charge >= 0.3 is 0 Å². The number of hydrogen-bond donors (Lipinski definition) is 0. The molecule has 1 unspecified atom stereocenters. The van der Waals surface area contributed by atoms with E-state index in [1.807, 2.05) is 30.9 Å². The van der Waals surface area contributed by atoms with E-state index in [4.69, 9.17) is 0 Å². The van der Waals surface area contributed by atoms with E-state index in [0.717, 1.165) is 30.6 Å². The molecule has 26 heavy (non-hydrogen) atoms. The van der Waals surface area contributed by atoms with E-state index in [1.165, 1.54) is 6.42 Å². The van der Waals surface area contributed by atoms with Crippen molar-refractivity contribution in [3.63, 3.8) is 0 Å². The highest BCUT2D eigenvalue weighted by molar-refractivity contribution is 7.89. The maximum absolute atomic E-state index is 13.0. The topological polar surface area (TPSA) is 57.7 Å². The van der Waals surface area contributed by atoms with Crippen LogP contribution in [0.25, 0.3) is 0 Å². The molecule has 144 valence electrons. The Morgan fingerprint density at radius 2 is 1.77 bits per heavy atom. The molecule has 2 aliphatic heterocycles. The van der Waals surface area contributed by atoms with Crippen molar-refractivity contribution >= 4 is 15.9 Å². The predicted octanol–water partition coefficient (Wildman–Crippen LogP) is 2.96. The quantitative estimate of drug-likeness (QED) is 0.812. The van der Waals surface area contributed by atoms with Crippen molar-refractivity contribution in [2.45, 2.75) is 51.3 Å². The molecule has 0 aliphatic carbocycles. The number of piperidine rings is 2. The van der Waals surface area contributed by atoms with Gasteiger partial charge < -0.3 is 4.90 Å². The summed E-state index contributed by atoms with van der Waals surface area (Å²) in [5.74, 6) is 0.753. The molecule has 0 N–H and O–H groups in total. The summed E-state index contributed by atoms with van der Waals surface area (Å²) in [7, 11) is -3.48. The minimum absolute atomic E-state index is 0.0362. The lowest BCUT2D eigenvalue weighted by molar-refractivity contribution is -0.138. The van der Waals surface area contributed by atoms with E-state index in [9.17, 15) is 13.2 Å². The minimum atomic E-state index is -3.48. The number of aryl methyl sites for hydroxylation is 2. The fourth-order valence-electron chi connectivity index (χ4n) is 4.22.